The molecule has 2 heterocycles. The van der Waals surface area contributed by atoms with Crippen molar-refractivity contribution in [3.8, 4) is 17.1 Å². The standard InChI is InChI=1S/C18H19N5O2S/c1-25-15-6-4-14(5-7-15)17-21-22-18(26)23(17)10-8-16(24)20-12-13-3-2-9-19-11-13/h2-7,9,11H,8,10,12H2,1H3,(H,20,24)(H,22,26). The molecule has 0 aliphatic heterocycles. The summed E-state index contributed by atoms with van der Waals surface area (Å²) in [4.78, 5) is 16.2. The second kappa shape index (κ2) is 8.39. The fourth-order valence-corrected chi connectivity index (χ4v) is 2.71. The van der Waals surface area contributed by atoms with E-state index in [2.05, 4.69) is 20.5 Å². The van der Waals surface area contributed by atoms with Crippen molar-refractivity contribution in [2.45, 2.75) is 19.5 Å². The minimum atomic E-state index is -0.0577. The number of aromatic amines is 1. The van der Waals surface area contributed by atoms with E-state index in [9.17, 15) is 4.79 Å². The van der Waals surface area contributed by atoms with E-state index in [4.69, 9.17) is 17.0 Å². The highest BCUT2D eigenvalue weighted by molar-refractivity contribution is 7.71. The summed E-state index contributed by atoms with van der Waals surface area (Å²) in [5.74, 6) is 1.40. The highest BCUT2D eigenvalue weighted by Crippen LogP contribution is 2.21. The van der Waals surface area contributed by atoms with Gasteiger partial charge in [-0.1, -0.05) is 6.07 Å². The van der Waals surface area contributed by atoms with Gasteiger partial charge in [0.05, 0.1) is 7.11 Å². The number of H-pyrrole nitrogens is 1. The fourth-order valence-electron chi connectivity index (χ4n) is 2.49. The Hall–Kier alpha value is -3.00. The molecule has 1 amide bonds. The molecule has 3 aromatic rings. The van der Waals surface area contributed by atoms with E-state index < -0.39 is 0 Å². The van der Waals surface area contributed by atoms with Gasteiger partial charge in [0.25, 0.3) is 0 Å². The number of pyridine rings is 1. The summed E-state index contributed by atoms with van der Waals surface area (Å²) in [5.41, 5.74) is 1.86. The molecular weight excluding hydrogens is 350 g/mol. The number of carbonyl (C=O) groups is 1. The summed E-state index contributed by atoms with van der Waals surface area (Å²) >= 11 is 5.29. The van der Waals surface area contributed by atoms with E-state index in [0.29, 0.717) is 30.1 Å². The van der Waals surface area contributed by atoms with Crippen molar-refractivity contribution in [1.29, 1.82) is 0 Å². The maximum Gasteiger partial charge on any atom is 0.222 e. The molecule has 7 nitrogen and oxygen atoms in total. The largest absolute Gasteiger partial charge is 0.497 e. The molecule has 26 heavy (non-hydrogen) atoms. The molecular formula is C18H19N5O2S. The molecule has 2 N–H and O–H groups in total. The van der Waals surface area contributed by atoms with Gasteiger partial charge in [0.15, 0.2) is 10.6 Å². The van der Waals surface area contributed by atoms with E-state index in [1.54, 1.807) is 19.5 Å². The smallest absolute Gasteiger partial charge is 0.222 e. The zero-order chi connectivity index (χ0) is 18.4. The molecule has 2 aromatic heterocycles. The Balaban J connectivity index is 1.63. The summed E-state index contributed by atoms with van der Waals surface area (Å²) in [7, 11) is 1.62. The normalized spacial score (nSPS) is 10.5. The van der Waals surface area contributed by atoms with Crippen LogP contribution in [0.1, 0.15) is 12.0 Å². The number of nitrogens with one attached hydrogen (secondary N) is 2. The number of hydrogen-bond donors (Lipinski definition) is 2. The molecule has 0 saturated heterocycles. The molecule has 0 bridgehead atoms. The number of hydrogen-bond acceptors (Lipinski definition) is 5. The van der Waals surface area contributed by atoms with Gasteiger partial charge < -0.3 is 10.1 Å². The molecule has 0 aliphatic rings. The minimum Gasteiger partial charge on any atom is -0.497 e. The van der Waals surface area contributed by atoms with Crippen molar-refractivity contribution in [3.63, 3.8) is 0 Å². The first-order chi connectivity index (χ1) is 12.7. The van der Waals surface area contributed by atoms with Gasteiger partial charge in [0.1, 0.15) is 5.75 Å². The van der Waals surface area contributed by atoms with Crippen molar-refractivity contribution < 1.29 is 9.53 Å². The lowest BCUT2D eigenvalue weighted by Gasteiger charge is -2.08. The van der Waals surface area contributed by atoms with Crippen LogP contribution in [0.2, 0.25) is 0 Å². The van der Waals surface area contributed by atoms with E-state index in [1.165, 1.54) is 0 Å². The van der Waals surface area contributed by atoms with Crippen LogP contribution >= 0.6 is 12.2 Å². The van der Waals surface area contributed by atoms with E-state index in [1.807, 2.05) is 41.0 Å². The monoisotopic (exact) mass is 369 g/mol. The number of carbonyl (C=O) groups excluding carboxylic acids is 1. The lowest BCUT2D eigenvalue weighted by Crippen LogP contribution is -2.24. The first-order valence-corrected chi connectivity index (χ1v) is 8.53. The van der Waals surface area contributed by atoms with E-state index >= 15 is 0 Å². The van der Waals surface area contributed by atoms with Gasteiger partial charge in [-0.2, -0.15) is 5.10 Å². The van der Waals surface area contributed by atoms with Gasteiger partial charge in [-0.25, -0.2) is 0 Å². The Morgan fingerprint density at radius 3 is 2.81 bits per heavy atom. The quantitative estimate of drug-likeness (QED) is 0.626. The molecule has 0 unspecified atom stereocenters. The summed E-state index contributed by atoms with van der Waals surface area (Å²) in [6, 6.07) is 11.3. The Morgan fingerprint density at radius 1 is 1.31 bits per heavy atom. The number of rotatable bonds is 7. The Morgan fingerprint density at radius 2 is 2.12 bits per heavy atom. The Bertz CT molecular complexity index is 919. The van der Waals surface area contributed by atoms with Gasteiger partial charge in [-0.05, 0) is 48.1 Å². The summed E-state index contributed by atoms with van der Waals surface area (Å²) in [6.07, 6.45) is 3.73. The lowest BCUT2D eigenvalue weighted by atomic mass is 10.2. The number of nitrogens with zero attached hydrogens (tertiary/aromatic N) is 3. The third-order valence-electron chi connectivity index (χ3n) is 3.88. The van der Waals surface area contributed by atoms with Crippen LogP contribution in [0, 0.1) is 4.77 Å². The predicted octanol–water partition coefficient (Wildman–Crippen LogP) is 2.72. The second-order valence-electron chi connectivity index (χ2n) is 5.62. The Labute approximate surface area is 156 Å². The van der Waals surface area contributed by atoms with Gasteiger partial charge >= 0.3 is 0 Å². The molecule has 0 saturated carbocycles. The number of ether oxygens (including phenoxy) is 1. The number of aromatic nitrogens is 4. The molecule has 0 aliphatic carbocycles. The van der Waals surface area contributed by atoms with Crippen molar-refractivity contribution in [2.24, 2.45) is 0 Å². The molecule has 3 rings (SSSR count). The van der Waals surface area contributed by atoms with Gasteiger partial charge in [0.2, 0.25) is 5.91 Å². The third-order valence-corrected chi connectivity index (χ3v) is 4.19. The molecule has 0 fully saturated rings. The summed E-state index contributed by atoms with van der Waals surface area (Å²) in [6.45, 7) is 0.893. The second-order valence-corrected chi connectivity index (χ2v) is 6.01. The van der Waals surface area contributed by atoms with Crippen LogP contribution in [-0.2, 0) is 17.9 Å². The maximum absolute atomic E-state index is 12.1. The van der Waals surface area contributed by atoms with Crippen LogP contribution in [0.3, 0.4) is 0 Å². The summed E-state index contributed by atoms with van der Waals surface area (Å²) < 4.78 is 7.47. The first-order valence-electron chi connectivity index (χ1n) is 8.12. The molecule has 1 aromatic carbocycles. The van der Waals surface area contributed by atoms with Crippen LogP contribution in [0.4, 0.5) is 0 Å². The van der Waals surface area contributed by atoms with Crippen molar-refractivity contribution >= 4 is 18.1 Å². The van der Waals surface area contributed by atoms with Crippen LogP contribution in [0.25, 0.3) is 11.4 Å². The topological polar surface area (TPSA) is 84.8 Å². The third kappa shape index (κ3) is 4.34. The summed E-state index contributed by atoms with van der Waals surface area (Å²) in [5, 5.41) is 9.95. The van der Waals surface area contributed by atoms with Gasteiger partial charge in [0, 0.05) is 37.5 Å². The van der Waals surface area contributed by atoms with Crippen molar-refractivity contribution in [2.75, 3.05) is 7.11 Å². The minimum absolute atomic E-state index is 0.0577. The zero-order valence-electron chi connectivity index (χ0n) is 14.3. The molecule has 0 radical (unpaired) electrons. The highest BCUT2D eigenvalue weighted by atomic mass is 32.1. The van der Waals surface area contributed by atoms with E-state index in [-0.39, 0.29) is 5.91 Å². The highest BCUT2D eigenvalue weighted by Gasteiger charge is 2.11. The molecule has 8 heteroatoms. The van der Waals surface area contributed by atoms with Gasteiger partial charge in [-0.3, -0.25) is 19.4 Å². The predicted molar refractivity (Wildman–Crippen MR) is 100 cm³/mol. The SMILES string of the molecule is COc1ccc(-c2n[nH]c(=S)n2CCC(=O)NCc2cccnc2)cc1. The lowest BCUT2D eigenvalue weighted by molar-refractivity contribution is -0.121. The average molecular weight is 369 g/mol. The number of methoxy groups -OCH3 is 1. The number of amides is 1. The van der Waals surface area contributed by atoms with Crippen LogP contribution in [0.15, 0.2) is 48.8 Å². The molecule has 0 spiro atoms. The van der Waals surface area contributed by atoms with Crippen LogP contribution in [0.5, 0.6) is 5.75 Å². The molecule has 134 valence electrons. The van der Waals surface area contributed by atoms with Crippen molar-refractivity contribution in [3.05, 3.63) is 59.1 Å². The number of benzene rings is 1. The van der Waals surface area contributed by atoms with Crippen LogP contribution in [-0.4, -0.2) is 32.8 Å². The van der Waals surface area contributed by atoms with E-state index in [0.717, 1.165) is 16.9 Å². The Kier molecular flexibility index (Phi) is 5.75. The zero-order valence-corrected chi connectivity index (χ0v) is 15.1. The first kappa shape index (κ1) is 17.8. The van der Waals surface area contributed by atoms with Crippen LogP contribution < -0.4 is 10.1 Å². The maximum atomic E-state index is 12.1. The fraction of sp³-hybridized carbons (Fsp3) is 0.222. The van der Waals surface area contributed by atoms with Gasteiger partial charge in [-0.15, -0.1) is 0 Å². The van der Waals surface area contributed by atoms with Crippen molar-refractivity contribution in [1.82, 2.24) is 25.1 Å². The average Bonchev–Trinajstić information content (AvgIpc) is 3.06. The molecule has 0 atom stereocenters.